The van der Waals surface area contributed by atoms with Gasteiger partial charge in [-0.3, -0.25) is 4.90 Å². The SMILES string of the molecule is CCN1CCOCC1COC(F)F. The fourth-order valence-electron chi connectivity index (χ4n) is 1.44. The highest BCUT2D eigenvalue weighted by Gasteiger charge is 2.22. The quantitative estimate of drug-likeness (QED) is 0.666. The minimum absolute atomic E-state index is 0.0206. The van der Waals surface area contributed by atoms with Gasteiger partial charge in [0.2, 0.25) is 0 Å². The second-order valence-electron chi connectivity index (χ2n) is 2.95. The van der Waals surface area contributed by atoms with Crippen LogP contribution in [0.4, 0.5) is 8.78 Å². The Kier molecular flexibility index (Phi) is 4.55. The first-order valence-electron chi connectivity index (χ1n) is 4.45. The van der Waals surface area contributed by atoms with E-state index in [1.54, 1.807) is 0 Å². The van der Waals surface area contributed by atoms with Gasteiger partial charge in [-0.2, -0.15) is 8.78 Å². The van der Waals surface area contributed by atoms with E-state index in [1.165, 1.54) is 0 Å². The monoisotopic (exact) mass is 195 g/mol. The van der Waals surface area contributed by atoms with Crippen LogP contribution in [0, 0.1) is 0 Å². The molecule has 1 rings (SSSR count). The molecule has 1 unspecified atom stereocenters. The van der Waals surface area contributed by atoms with Gasteiger partial charge >= 0.3 is 6.61 Å². The van der Waals surface area contributed by atoms with Crippen molar-refractivity contribution in [3.05, 3.63) is 0 Å². The molecule has 0 aliphatic carbocycles. The molecule has 0 amide bonds. The number of likely N-dealkylation sites (N-methyl/N-ethyl adjacent to an activating group) is 1. The van der Waals surface area contributed by atoms with Crippen molar-refractivity contribution in [3.63, 3.8) is 0 Å². The lowest BCUT2D eigenvalue weighted by Crippen LogP contribution is -2.47. The molecule has 1 aliphatic heterocycles. The topological polar surface area (TPSA) is 21.7 Å². The molecule has 0 N–H and O–H groups in total. The smallest absolute Gasteiger partial charge is 0.345 e. The molecule has 5 heteroatoms. The van der Waals surface area contributed by atoms with E-state index in [1.807, 2.05) is 6.92 Å². The highest BCUT2D eigenvalue weighted by atomic mass is 19.3. The van der Waals surface area contributed by atoms with E-state index in [9.17, 15) is 8.78 Å². The predicted molar refractivity (Wildman–Crippen MR) is 43.8 cm³/mol. The molecular weight excluding hydrogens is 180 g/mol. The van der Waals surface area contributed by atoms with Crippen LogP contribution in [-0.2, 0) is 9.47 Å². The summed E-state index contributed by atoms with van der Waals surface area (Å²) < 4.78 is 32.9. The summed E-state index contributed by atoms with van der Waals surface area (Å²) in [6.45, 7) is 2.18. The first-order chi connectivity index (χ1) is 6.24. The lowest BCUT2D eigenvalue weighted by molar-refractivity contribution is -0.152. The van der Waals surface area contributed by atoms with Crippen LogP contribution >= 0.6 is 0 Å². The van der Waals surface area contributed by atoms with E-state index in [2.05, 4.69) is 9.64 Å². The van der Waals surface area contributed by atoms with Gasteiger partial charge in [-0.25, -0.2) is 0 Å². The van der Waals surface area contributed by atoms with Crippen molar-refractivity contribution in [1.82, 2.24) is 4.90 Å². The molecule has 3 nitrogen and oxygen atoms in total. The van der Waals surface area contributed by atoms with Gasteiger partial charge in [0, 0.05) is 6.54 Å². The predicted octanol–water partition coefficient (Wildman–Crippen LogP) is 0.946. The highest BCUT2D eigenvalue weighted by Crippen LogP contribution is 2.08. The van der Waals surface area contributed by atoms with Gasteiger partial charge in [-0.05, 0) is 6.54 Å². The summed E-state index contributed by atoms with van der Waals surface area (Å²) in [6.07, 6.45) is 0. The molecular formula is C8H15F2NO2. The lowest BCUT2D eigenvalue weighted by atomic mass is 10.2. The molecule has 0 aromatic rings. The largest absolute Gasteiger partial charge is 0.378 e. The summed E-state index contributed by atoms with van der Waals surface area (Å²) in [5.41, 5.74) is 0. The molecule has 0 aromatic carbocycles. The summed E-state index contributed by atoms with van der Waals surface area (Å²) in [7, 11) is 0. The summed E-state index contributed by atoms with van der Waals surface area (Å²) in [6, 6.07) is -0.0206. The van der Waals surface area contributed by atoms with Crippen molar-refractivity contribution in [2.24, 2.45) is 0 Å². The molecule has 1 heterocycles. The molecule has 0 aromatic heterocycles. The zero-order valence-electron chi connectivity index (χ0n) is 7.71. The Bertz CT molecular complexity index is 146. The Morgan fingerprint density at radius 2 is 2.38 bits per heavy atom. The van der Waals surface area contributed by atoms with Gasteiger partial charge in [0.15, 0.2) is 0 Å². The minimum atomic E-state index is -2.68. The maximum Gasteiger partial charge on any atom is 0.345 e. The summed E-state index contributed by atoms with van der Waals surface area (Å²) in [5, 5.41) is 0. The van der Waals surface area contributed by atoms with Gasteiger partial charge < -0.3 is 9.47 Å². The van der Waals surface area contributed by atoms with Gasteiger partial charge in [-0.15, -0.1) is 0 Å². The van der Waals surface area contributed by atoms with Crippen molar-refractivity contribution in [1.29, 1.82) is 0 Å². The Labute approximate surface area is 76.6 Å². The molecule has 1 aliphatic rings. The molecule has 0 spiro atoms. The van der Waals surface area contributed by atoms with Crippen molar-refractivity contribution >= 4 is 0 Å². The highest BCUT2D eigenvalue weighted by molar-refractivity contribution is 4.73. The van der Waals surface area contributed by atoms with E-state index < -0.39 is 6.61 Å². The zero-order chi connectivity index (χ0) is 9.68. The number of hydrogen-bond donors (Lipinski definition) is 0. The molecule has 0 radical (unpaired) electrons. The fraction of sp³-hybridized carbons (Fsp3) is 1.00. The van der Waals surface area contributed by atoms with E-state index in [0.29, 0.717) is 13.2 Å². The first kappa shape index (κ1) is 10.8. The van der Waals surface area contributed by atoms with E-state index in [0.717, 1.165) is 13.1 Å². The van der Waals surface area contributed by atoms with Crippen molar-refractivity contribution in [2.75, 3.05) is 32.9 Å². The van der Waals surface area contributed by atoms with Crippen molar-refractivity contribution in [2.45, 2.75) is 19.6 Å². The molecule has 78 valence electrons. The third-order valence-corrected chi connectivity index (χ3v) is 2.17. The van der Waals surface area contributed by atoms with Crippen molar-refractivity contribution < 1.29 is 18.3 Å². The minimum Gasteiger partial charge on any atom is -0.378 e. The molecule has 0 bridgehead atoms. The number of hydrogen-bond acceptors (Lipinski definition) is 3. The van der Waals surface area contributed by atoms with Crippen LogP contribution in [0.1, 0.15) is 6.92 Å². The summed E-state index contributed by atoms with van der Waals surface area (Å²) in [4.78, 5) is 2.09. The van der Waals surface area contributed by atoms with E-state index in [4.69, 9.17) is 4.74 Å². The molecule has 1 fully saturated rings. The second kappa shape index (κ2) is 5.47. The van der Waals surface area contributed by atoms with Gasteiger partial charge in [0.05, 0.1) is 25.9 Å². The normalized spacial score (nSPS) is 25.4. The number of nitrogens with zero attached hydrogens (tertiary/aromatic N) is 1. The number of alkyl halides is 2. The summed E-state index contributed by atoms with van der Waals surface area (Å²) in [5.74, 6) is 0. The van der Waals surface area contributed by atoms with E-state index >= 15 is 0 Å². The number of morpholine rings is 1. The Morgan fingerprint density at radius 1 is 1.62 bits per heavy atom. The van der Waals surface area contributed by atoms with Gasteiger partial charge in [0.1, 0.15) is 0 Å². The molecule has 13 heavy (non-hydrogen) atoms. The Balaban J connectivity index is 2.27. The van der Waals surface area contributed by atoms with Gasteiger partial charge in [-0.1, -0.05) is 6.92 Å². The van der Waals surface area contributed by atoms with Crippen LogP contribution in [0.5, 0.6) is 0 Å². The molecule has 1 saturated heterocycles. The fourth-order valence-corrected chi connectivity index (χ4v) is 1.44. The third kappa shape index (κ3) is 3.54. The number of ether oxygens (including phenoxy) is 2. The number of rotatable bonds is 4. The average molecular weight is 195 g/mol. The third-order valence-electron chi connectivity index (χ3n) is 2.17. The van der Waals surface area contributed by atoms with Gasteiger partial charge in [0.25, 0.3) is 0 Å². The second-order valence-corrected chi connectivity index (χ2v) is 2.95. The zero-order valence-corrected chi connectivity index (χ0v) is 7.71. The van der Waals surface area contributed by atoms with E-state index in [-0.39, 0.29) is 12.6 Å². The summed E-state index contributed by atoms with van der Waals surface area (Å²) >= 11 is 0. The maximum absolute atomic E-state index is 11.7. The standard InChI is InChI=1S/C8H15F2NO2/c1-2-11-3-4-12-5-7(11)6-13-8(9)10/h7-8H,2-6H2,1H3. The first-order valence-corrected chi connectivity index (χ1v) is 4.45. The molecule has 0 saturated carbocycles. The van der Waals surface area contributed by atoms with Crippen LogP contribution in [0.2, 0.25) is 0 Å². The molecule has 1 atom stereocenters. The van der Waals surface area contributed by atoms with Crippen molar-refractivity contribution in [3.8, 4) is 0 Å². The van der Waals surface area contributed by atoms with Crippen LogP contribution in [0.3, 0.4) is 0 Å². The van der Waals surface area contributed by atoms with Crippen LogP contribution in [-0.4, -0.2) is 50.5 Å². The van der Waals surface area contributed by atoms with Crippen LogP contribution in [0.15, 0.2) is 0 Å². The lowest BCUT2D eigenvalue weighted by Gasteiger charge is -2.34. The van der Waals surface area contributed by atoms with Crippen LogP contribution in [0.25, 0.3) is 0 Å². The maximum atomic E-state index is 11.7. The Morgan fingerprint density at radius 3 is 3.00 bits per heavy atom. The Hall–Kier alpha value is -0.260. The van der Waals surface area contributed by atoms with Crippen LogP contribution < -0.4 is 0 Å². The number of halogens is 2. The average Bonchev–Trinajstić information content (AvgIpc) is 2.15.